The van der Waals surface area contributed by atoms with Crippen molar-refractivity contribution < 1.29 is 9.53 Å². The summed E-state index contributed by atoms with van der Waals surface area (Å²) in [6.45, 7) is 3.99. The quantitative estimate of drug-likeness (QED) is 0.777. The third-order valence-electron chi connectivity index (χ3n) is 2.61. The Labute approximate surface area is 96.6 Å². The molecule has 0 aromatic heterocycles. The Morgan fingerprint density at radius 3 is 2.31 bits per heavy atom. The Kier molecular flexibility index (Phi) is 4.99. The SMILES string of the molecule is CCC(CC)OC(=O)C(N)c1ccccc1. The Hall–Kier alpha value is -1.35. The van der Waals surface area contributed by atoms with E-state index >= 15 is 0 Å². The van der Waals surface area contributed by atoms with E-state index in [2.05, 4.69) is 0 Å². The van der Waals surface area contributed by atoms with E-state index in [4.69, 9.17) is 10.5 Å². The topological polar surface area (TPSA) is 52.3 Å². The first-order chi connectivity index (χ1) is 7.69. The predicted octanol–water partition coefficient (Wildman–Crippen LogP) is 2.42. The molecule has 1 aromatic carbocycles. The van der Waals surface area contributed by atoms with Crippen molar-refractivity contribution >= 4 is 5.97 Å². The van der Waals surface area contributed by atoms with Gasteiger partial charge in [0.15, 0.2) is 0 Å². The highest BCUT2D eigenvalue weighted by atomic mass is 16.5. The summed E-state index contributed by atoms with van der Waals surface area (Å²) in [4.78, 5) is 11.7. The molecule has 0 radical (unpaired) electrons. The summed E-state index contributed by atoms with van der Waals surface area (Å²) < 4.78 is 5.30. The number of carbonyl (C=O) groups is 1. The van der Waals surface area contributed by atoms with Gasteiger partial charge in [-0.15, -0.1) is 0 Å². The van der Waals surface area contributed by atoms with E-state index in [0.29, 0.717) is 0 Å². The number of ether oxygens (including phenoxy) is 1. The van der Waals surface area contributed by atoms with Crippen LogP contribution in [0.4, 0.5) is 0 Å². The number of hydrogen-bond donors (Lipinski definition) is 1. The van der Waals surface area contributed by atoms with Gasteiger partial charge in [-0.1, -0.05) is 44.2 Å². The molecule has 0 saturated carbocycles. The molecule has 3 nitrogen and oxygen atoms in total. The normalized spacial score (nSPS) is 12.5. The fourth-order valence-electron chi connectivity index (χ4n) is 1.49. The zero-order chi connectivity index (χ0) is 12.0. The van der Waals surface area contributed by atoms with Crippen molar-refractivity contribution in [3.63, 3.8) is 0 Å². The number of carbonyl (C=O) groups excluding carboxylic acids is 1. The van der Waals surface area contributed by atoms with Crippen LogP contribution in [0.2, 0.25) is 0 Å². The number of esters is 1. The van der Waals surface area contributed by atoms with Crippen LogP contribution in [0.5, 0.6) is 0 Å². The Bertz CT molecular complexity index is 320. The summed E-state index contributed by atoms with van der Waals surface area (Å²) >= 11 is 0. The Balaban J connectivity index is 2.61. The average molecular weight is 221 g/mol. The van der Waals surface area contributed by atoms with Crippen LogP contribution >= 0.6 is 0 Å². The van der Waals surface area contributed by atoms with Crippen molar-refractivity contribution in [1.29, 1.82) is 0 Å². The second-order valence-electron chi connectivity index (χ2n) is 3.76. The van der Waals surface area contributed by atoms with Gasteiger partial charge in [0.1, 0.15) is 12.1 Å². The summed E-state index contributed by atoms with van der Waals surface area (Å²) in [7, 11) is 0. The lowest BCUT2D eigenvalue weighted by Crippen LogP contribution is -2.27. The van der Waals surface area contributed by atoms with E-state index < -0.39 is 6.04 Å². The lowest BCUT2D eigenvalue weighted by Gasteiger charge is -2.17. The standard InChI is InChI=1S/C13H19NO2/c1-3-11(4-2)16-13(15)12(14)10-8-6-5-7-9-10/h5-9,11-12H,3-4,14H2,1-2H3. The lowest BCUT2D eigenvalue weighted by molar-refractivity contribution is -0.151. The molecule has 1 atom stereocenters. The van der Waals surface area contributed by atoms with Gasteiger partial charge in [-0.05, 0) is 18.4 Å². The maximum Gasteiger partial charge on any atom is 0.327 e. The van der Waals surface area contributed by atoms with Crippen molar-refractivity contribution in [2.75, 3.05) is 0 Å². The molecule has 0 bridgehead atoms. The average Bonchev–Trinajstić information content (AvgIpc) is 2.35. The minimum absolute atomic E-state index is 0.0257. The second-order valence-corrected chi connectivity index (χ2v) is 3.76. The van der Waals surface area contributed by atoms with E-state index in [1.807, 2.05) is 44.2 Å². The second kappa shape index (κ2) is 6.28. The zero-order valence-electron chi connectivity index (χ0n) is 9.85. The monoisotopic (exact) mass is 221 g/mol. The first kappa shape index (κ1) is 12.7. The molecule has 1 rings (SSSR count). The van der Waals surface area contributed by atoms with Crippen molar-refractivity contribution in [2.45, 2.75) is 38.8 Å². The van der Waals surface area contributed by atoms with Crippen molar-refractivity contribution in [3.05, 3.63) is 35.9 Å². The predicted molar refractivity (Wildman–Crippen MR) is 63.8 cm³/mol. The molecule has 3 heteroatoms. The summed E-state index contributed by atoms with van der Waals surface area (Å²) in [5, 5.41) is 0. The van der Waals surface area contributed by atoms with Crippen LogP contribution in [0.25, 0.3) is 0 Å². The number of nitrogens with two attached hydrogens (primary N) is 1. The van der Waals surface area contributed by atoms with Gasteiger partial charge in [0.2, 0.25) is 0 Å². The molecule has 16 heavy (non-hydrogen) atoms. The van der Waals surface area contributed by atoms with E-state index in [-0.39, 0.29) is 12.1 Å². The molecule has 1 aromatic rings. The largest absolute Gasteiger partial charge is 0.461 e. The van der Waals surface area contributed by atoms with Crippen molar-refractivity contribution in [3.8, 4) is 0 Å². The molecule has 1 unspecified atom stereocenters. The maximum absolute atomic E-state index is 11.7. The smallest absolute Gasteiger partial charge is 0.327 e. The molecular weight excluding hydrogens is 202 g/mol. The van der Waals surface area contributed by atoms with E-state index in [1.165, 1.54) is 0 Å². The highest BCUT2D eigenvalue weighted by Crippen LogP contribution is 2.13. The van der Waals surface area contributed by atoms with Gasteiger partial charge in [-0.25, -0.2) is 4.79 Å². The minimum atomic E-state index is -0.679. The zero-order valence-corrected chi connectivity index (χ0v) is 9.85. The van der Waals surface area contributed by atoms with Gasteiger partial charge in [0, 0.05) is 0 Å². The molecular formula is C13H19NO2. The third-order valence-corrected chi connectivity index (χ3v) is 2.61. The van der Waals surface area contributed by atoms with Crippen LogP contribution in [0, 0.1) is 0 Å². The molecule has 0 heterocycles. The highest BCUT2D eigenvalue weighted by Gasteiger charge is 2.19. The maximum atomic E-state index is 11.7. The van der Waals surface area contributed by atoms with E-state index in [1.54, 1.807) is 0 Å². The molecule has 0 amide bonds. The van der Waals surface area contributed by atoms with Gasteiger partial charge in [0.25, 0.3) is 0 Å². The third kappa shape index (κ3) is 3.35. The first-order valence-corrected chi connectivity index (χ1v) is 5.70. The Morgan fingerprint density at radius 1 is 1.25 bits per heavy atom. The van der Waals surface area contributed by atoms with Crippen LogP contribution in [0.15, 0.2) is 30.3 Å². The van der Waals surface area contributed by atoms with Crippen molar-refractivity contribution in [2.24, 2.45) is 5.73 Å². The summed E-state index contributed by atoms with van der Waals surface area (Å²) in [5.41, 5.74) is 6.61. The number of hydrogen-bond acceptors (Lipinski definition) is 3. The summed E-state index contributed by atoms with van der Waals surface area (Å²) in [6.07, 6.45) is 1.62. The molecule has 0 saturated heterocycles. The molecule has 0 aliphatic heterocycles. The number of rotatable bonds is 5. The van der Waals surface area contributed by atoms with Crippen LogP contribution in [0.1, 0.15) is 38.3 Å². The van der Waals surface area contributed by atoms with Crippen LogP contribution in [-0.4, -0.2) is 12.1 Å². The first-order valence-electron chi connectivity index (χ1n) is 5.70. The van der Waals surface area contributed by atoms with Gasteiger partial charge >= 0.3 is 5.97 Å². The number of benzene rings is 1. The van der Waals surface area contributed by atoms with Gasteiger partial charge in [-0.3, -0.25) is 0 Å². The van der Waals surface area contributed by atoms with E-state index in [9.17, 15) is 4.79 Å². The minimum Gasteiger partial charge on any atom is -0.461 e. The van der Waals surface area contributed by atoms with Crippen molar-refractivity contribution in [1.82, 2.24) is 0 Å². The van der Waals surface area contributed by atoms with E-state index in [0.717, 1.165) is 18.4 Å². The fourth-order valence-corrected chi connectivity index (χ4v) is 1.49. The van der Waals surface area contributed by atoms with Gasteiger partial charge in [0.05, 0.1) is 0 Å². The van der Waals surface area contributed by atoms with Gasteiger partial charge in [-0.2, -0.15) is 0 Å². The molecule has 0 aliphatic rings. The van der Waals surface area contributed by atoms with Crippen LogP contribution in [-0.2, 0) is 9.53 Å². The summed E-state index contributed by atoms with van der Waals surface area (Å²) in [5.74, 6) is -0.347. The van der Waals surface area contributed by atoms with Crippen LogP contribution in [0.3, 0.4) is 0 Å². The fraction of sp³-hybridized carbons (Fsp3) is 0.462. The molecule has 2 N–H and O–H groups in total. The Morgan fingerprint density at radius 2 is 1.81 bits per heavy atom. The molecule has 0 spiro atoms. The molecule has 0 aliphatic carbocycles. The molecule has 0 fully saturated rings. The molecule has 88 valence electrons. The van der Waals surface area contributed by atoms with Gasteiger partial charge < -0.3 is 10.5 Å². The van der Waals surface area contributed by atoms with Crippen LogP contribution < -0.4 is 5.73 Å². The summed E-state index contributed by atoms with van der Waals surface area (Å²) in [6, 6.07) is 8.60. The highest BCUT2D eigenvalue weighted by molar-refractivity contribution is 5.77. The lowest BCUT2D eigenvalue weighted by atomic mass is 10.1.